The third kappa shape index (κ3) is 1.85. The summed E-state index contributed by atoms with van der Waals surface area (Å²) in [5.74, 6) is 1.61. The molecule has 2 aliphatic rings. The normalized spacial score (nSPS) is 36.9. The fourth-order valence-electron chi connectivity index (χ4n) is 4.19. The molecule has 0 radical (unpaired) electrons. The number of ether oxygens (including phenoxy) is 1. The van der Waals surface area contributed by atoms with E-state index in [-0.39, 0.29) is 16.9 Å². The van der Waals surface area contributed by atoms with Gasteiger partial charge in [-0.2, -0.15) is 0 Å². The second-order valence-corrected chi connectivity index (χ2v) is 7.57. The molecule has 3 atom stereocenters. The summed E-state index contributed by atoms with van der Waals surface area (Å²) < 4.78 is 12.0. The van der Waals surface area contributed by atoms with Crippen LogP contribution in [0.3, 0.4) is 0 Å². The Morgan fingerprint density at radius 3 is 2.74 bits per heavy atom. The molecule has 1 aromatic heterocycles. The van der Waals surface area contributed by atoms with E-state index in [0.717, 1.165) is 12.2 Å². The Morgan fingerprint density at radius 1 is 1.32 bits per heavy atom. The molecule has 1 fully saturated rings. The van der Waals surface area contributed by atoms with Crippen LogP contribution in [-0.2, 0) is 16.6 Å². The highest BCUT2D eigenvalue weighted by Crippen LogP contribution is 2.53. The van der Waals surface area contributed by atoms with E-state index in [1.165, 1.54) is 18.4 Å². The lowest BCUT2D eigenvalue weighted by atomic mass is 9.59. The summed E-state index contributed by atoms with van der Waals surface area (Å²) in [7, 11) is 0. The van der Waals surface area contributed by atoms with Gasteiger partial charge in [-0.3, -0.25) is 0 Å². The smallest absolute Gasteiger partial charge is 0.148 e. The van der Waals surface area contributed by atoms with Crippen molar-refractivity contribution in [1.82, 2.24) is 5.16 Å². The van der Waals surface area contributed by atoms with Gasteiger partial charge in [-0.1, -0.05) is 39.8 Å². The zero-order valence-corrected chi connectivity index (χ0v) is 12.7. The van der Waals surface area contributed by atoms with Gasteiger partial charge in [0, 0.05) is 5.56 Å². The van der Waals surface area contributed by atoms with Crippen molar-refractivity contribution in [1.29, 1.82) is 0 Å². The number of hydrogen-bond donors (Lipinski definition) is 0. The largest absolute Gasteiger partial charge is 0.373 e. The van der Waals surface area contributed by atoms with E-state index in [9.17, 15) is 0 Å². The van der Waals surface area contributed by atoms with Crippen LogP contribution >= 0.6 is 0 Å². The highest BCUT2D eigenvalue weighted by atomic mass is 16.5. The van der Waals surface area contributed by atoms with Crippen molar-refractivity contribution in [3.8, 4) is 0 Å². The molecule has 3 heteroatoms. The lowest BCUT2D eigenvalue weighted by Crippen LogP contribution is -2.56. The highest BCUT2D eigenvalue weighted by molar-refractivity contribution is 5.31. The van der Waals surface area contributed by atoms with Gasteiger partial charge in [0.25, 0.3) is 0 Å². The lowest BCUT2D eigenvalue weighted by Gasteiger charge is -2.53. The molecule has 19 heavy (non-hydrogen) atoms. The van der Waals surface area contributed by atoms with E-state index in [4.69, 9.17) is 9.26 Å². The third-order valence-corrected chi connectivity index (χ3v) is 5.17. The van der Waals surface area contributed by atoms with Gasteiger partial charge in [0.05, 0.1) is 23.8 Å². The Labute approximate surface area is 115 Å². The topological polar surface area (TPSA) is 35.3 Å². The maximum absolute atomic E-state index is 6.51. The summed E-state index contributed by atoms with van der Waals surface area (Å²) in [4.78, 5) is 0. The van der Waals surface area contributed by atoms with Gasteiger partial charge >= 0.3 is 0 Å². The first-order chi connectivity index (χ1) is 8.84. The summed E-state index contributed by atoms with van der Waals surface area (Å²) in [5, 5.41) is 4.01. The minimum atomic E-state index is -0.0909. The van der Waals surface area contributed by atoms with E-state index in [0.29, 0.717) is 12.0 Å². The Kier molecular flexibility index (Phi) is 2.83. The van der Waals surface area contributed by atoms with Crippen LogP contribution in [0, 0.1) is 11.3 Å². The van der Waals surface area contributed by atoms with Crippen molar-refractivity contribution in [2.75, 3.05) is 0 Å². The molecule has 0 bridgehead atoms. The Balaban J connectivity index is 2.00. The van der Waals surface area contributed by atoms with Gasteiger partial charge in [0.2, 0.25) is 0 Å². The van der Waals surface area contributed by atoms with Crippen molar-refractivity contribution in [3.05, 3.63) is 17.5 Å². The zero-order valence-electron chi connectivity index (χ0n) is 12.7. The van der Waals surface area contributed by atoms with Crippen molar-refractivity contribution in [3.63, 3.8) is 0 Å². The summed E-state index contributed by atoms with van der Waals surface area (Å²) in [6, 6.07) is 0. The van der Waals surface area contributed by atoms with Crippen molar-refractivity contribution >= 4 is 0 Å². The molecule has 1 aliphatic heterocycles. The molecule has 1 aromatic rings. The number of fused-ring (bicyclic) bond motifs is 2. The monoisotopic (exact) mass is 263 g/mol. The second-order valence-electron chi connectivity index (χ2n) is 7.57. The zero-order chi connectivity index (χ0) is 13.8. The standard InChI is InChI=1S/C16H25NO2/c1-10(2)12-6-7-16(5)8-11-9-17-19-13(11)15(3,4)14(16)18-12/h9-10,12,14H,6-8H2,1-5H3/t12-,14+,16+/m1/s1. The average molecular weight is 263 g/mol. The summed E-state index contributed by atoms with van der Waals surface area (Å²) in [6.07, 6.45) is 5.93. The molecule has 3 nitrogen and oxygen atoms in total. The van der Waals surface area contributed by atoms with Crippen LogP contribution in [0.2, 0.25) is 0 Å². The maximum Gasteiger partial charge on any atom is 0.148 e. The summed E-state index contributed by atoms with van der Waals surface area (Å²) in [5.41, 5.74) is 1.40. The van der Waals surface area contributed by atoms with Crippen LogP contribution in [-0.4, -0.2) is 17.4 Å². The molecular weight excluding hydrogens is 238 g/mol. The van der Waals surface area contributed by atoms with E-state index in [2.05, 4.69) is 39.8 Å². The molecular formula is C16H25NO2. The third-order valence-electron chi connectivity index (χ3n) is 5.17. The van der Waals surface area contributed by atoms with Crippen LogP contribution in [0.1, 0.15) is 58.8 Å². The van der Waals surface area contributed by atoms with Gasteiger partial charge < -0.3 is 9.26 Å². The summed E-state index contributed by atoms with van der Waals surface area (Å²) in [6.45, 7) is 11.3. The predicted molar refractivity (Wildman–Crippen MR) is 74.1 cm³/mol. The Hall–Kier alpha value is -0.830. The first-order valence-electron chi connectivity index (χ1n) is 7.44. The van der Waals surface area contributed by atoms with Crippen LogP contribution in [0.4, 0.5) is 0 Å². The van der Waals surface area contributed by atoms with Crippen LogP contribution in [0.5, 0.6) is 0 Å². The average Bonchev–Trinajstić information content (AvgIpc) is 2.76. The molecule has 2 heterocycles. The maximum atomic E-state index is 6.51. The van der Waals surface area contributed by atoms with Crippen molar-refractivity contribution in [2.45, 2.75) is 71.5 Å². The molecule has 0 spiro atoms. The molecule has 0 saturated carbocycles. The Bertz CT molecular complexity index is 477. The van der Waals surface area contributed by atoms with Crippen LogP contribution in [0.25, 0.3) is 0 Å². The minimum Gasteiger partial charge on any atom is -0.373 e. The molecule has 0 aromatic carbocycles. The minimum absolute atomic E-state index is 0.0909. The Morgan fingerprint density at radius 2 is 2.05 bits per heavy atom. The van der Waals surface area contributed by atoms with Gasteiger partial charge in [0.1, 0.15) is 5.76 Å². The van der Waals surface area contributed by atoms with Crippen LogP contribution < -0.4 is 0 Å². The highest BCUT2D eigenvalue weighted by Gasteiger charge is 2.55. The molecule has 0 amide bonds. The molecule has 1 aliphatic carbocycles. The molecule has 106 valence electrons. The van der Waals surface area contributed by atoms with Crippen molar-refractivity contribution in [2.24, 2.45) is 11.3 Å². The lowest BCUT2D eigenvalue weighted by molar-refractivity contribution is -0.173. The van der Waals surface area contributed by atoms with Gasteiger partial charge in [0.15, 0.2) is 0 Å². The fourth-order valence-corrected chi connectivity index (χ4v) is 4.19. The number of rotatable bonds is 1. The van der Waals surface area contributed by atoms with E-state index in [1.807, 2.05) is 6.20 Å². The van der Waals surface area contributed by atoms with Crippen molar-refractivity contribution < 1.29 is 9.26 Å². The molecule has 1 saturated heterocycles. The quantitative estimate of drug-likeness (QED) is 0.774. The molecule has 0 unspecified atom stereocenters. The first kappa shape index (κ1) is 13.2. The van der Waals surface area contributed by atoms with Crippen LogP contribution in [0.15, 0.2) is 10.7 Å². The number of nitrogens with zero attached hydrogens (tertiary/aromatic N) is 1. The SMILES string of the molecule is CC(C)[C@H]1CC[C@@]2(C)Cc3cnoc3C(C)(C)[C@@H]2O1. The number of hydrogen-bond acceptors (Lipinski definition) is 3. The van der Waals surface area contributed by atoms with Gasteiger partial charge in [-0.15, -0.1) is 0 Å². The van der Waals surface area contributed by atoms with E-state index < -0.39 is 0 Å². The molecule has 0 N–H and O–H groups in total. The summed E-state index contributed by atoms with van der Waals surface area (Å²) >= 11 is 0. The fraction of sp³-hybridized carbons (Fsp3) is 0.812. The second kappa shape index (κ2) is 4.08. The predicted octanol–water partition coefficient (Wildman–Crippen LogP) is 3.72. The van der Waals surface area contributed by atoms with Gasteiger partial charge in [-0.05, 0) is 30.6 Å². The first-order valence-corrected chi connectivity index (χ1v) is 7.44. The molecule has 3 rings (SSSR count). The van der Waals surface area contributed by atoms with Gasteiger partial charge in [-0.25, -0.2) is 0 Å². The number of aromatic nitrogens is 1. The van der Waals surface area contributed by atoms with E-state index in [1.54, 1.807) is 0 Å². The van der Waals surface area contributed by atoms with E-state index >= 15 is 0 Å².